The SMILES string of the molecule is CCCNC(=O)C(C)N(Cc1ccccc1Cl)C(=O)CN(c1ccc(Oc2ccccc2)cc1)S(=O)(=O)c1ccc(C)cc1. The minimum Gasteiger partial charge on any atom is -0.457 e. The molecular formula is C34H36ClN3O5S. The van der Waals surface area contributed by atoms with Gasteiger partial charge in [-0.15, -0.1) is 0 Å². The highest BCUT2D eigenvalue weighted by atomic mass is 35.5. The van der Waals surface area contributed by atoms with Crippen molar-refractivity contribution in [1.82, 2.24) is 10.2 Å². The standard InChI is InChI=1S/C34H36ClN3O5S/c1-4-22-36-34(40)26(3)37(23-27-10-8-9-13-32(27)35)33(39)24-38(44(41,42)31-20-14-25(2)15-21-31)28-16-18-30(19-17-28)43-29-11-6-5-7-12-29/h5-21,26H,4,22-24H2,1-3H3,(H,36,40). The lowest BCUT2D eigenvalue weighted by molar-refractivity contribution is -0.139. The second-order valence-corrected chi connectivity index (χ2v) is 12.6. The van der Waals surface area contributed by atoms with Crippen LogP contribution in [-0.2, 0) is 26.2 Å². The summed E-state index contributed by atoms with van der Waals surface area (Å²) < 4.78 is 35.1. The summed E-state index contributed by atoms with van der Waals surface area (Å²) in [6.45, 7) is 5.33. The number of rotatable bonds is 13. The molecule has 0 saturated heterocycles. The summed E-state index contributed by atoms with van der Waals surface area (Å²) in [5.41, 5.74) is 1.79. The van der Waals surface area contributed by atoms with Crippen LogP contribution in [0.1, 0.15) is 31.4 Å². The summed E-state index contributed by atoms with van der Waals surface area (Å²) in [7, 11) is -4.19. The van der Waals surface area contributed by atoms with Crippen molar-refractivity contribution in [3.05, 3.63) is 119 Å². The van der Waals surface area contributed by atoms with Gasteiger partial charge in [0.1, 0.15) is 24.1 Å². The third-order valence-corrected chi connectivity index (χ3v) is 9.16. The molecule has 2 amide bonds. The molecule has 1 unspecified atom stereocenters. The Balaban J connectivity index is 1.70. The molecule has 8 nitrogen and oxygen atoms in total. The van der Waals surface area contributed by atoms with Gasteiger partial charge in [-0.25, -0.2) is 8.42 Å². The largest absolute Gasteiger partial charge is 0.457 e. The lowest BCUT2D eigenvalue weighted by Crippen LogP contribution is -2.51. The molecule has 0 radical (unpaired) electrons. The molecule has 0 fully saturated rings. The Morgan fingerprint density at radius 1 is 0.864 bits per heavy atom. The molecule has 0 aliphatic carbocycles. The number of para-hydroxylation sites is 1. The smallest absolute Gasteiger partial charge is 0.264 e. The van der Waals surface area contributed by atoms with Crippen LogP contribution in [0.5, 0.6) is 11.5 Å². The fraction of sp³-hybridized carbons (Fsp3) is 0.235. The fourth-order valence-electron chi connectivity index (χ4n) is 4.46. The van der Waals surface area contributed by atoms with E-state index in [1.54, 1.807) is 67.6 Å². The average molecular weight is 634 g/mol. The number of carbonyl (C=O) groups excluding carboxylic acids is 2. The fourth-order valence-corrected chi connectivity index (χ4v) is 6.07. The first-order chi connectivity index (χ1) is 21.1. The van der Waals surface area contributed by atoms with Crippen LogP contribution in [0.3, 0.4) is 0 Å². The summed E-state index contributed by atoms with van der Waals surface area (Å²) in [5, 5.41) is 3.26. The molecule has 4 rings (SSSR count). The van der Waals surface area contributed by atoms with Gasteiger partial charge in [-0.1, -0.05) is 72.6 Å². The van der Waals surface area contributed by atoms with Crippen LogP contribution in [0.15, 0.2) is 108 Å². The minimum atomic E-state index is -4.19. The first kappa shape index (κ1) is 32.6. The highest BCUT2D eigenvalue weighted by Crippen LogP contribution is 2.29. The number of anilines is 1. The number of aryl methyl sites for hydroxylation is 1. The van der Waals surface area contributed by atoms with Crippen LogP contribution in [0.2, 0.25) is 5.02 Å². The minimum absolute atomic E-state index is 0.0154. The van der Waals surface area contributed by atoms with E-state index in [1.807, 2.05) is 44.2 Å². The number of amides is 2. The number of ether oxygens (including phenoxy) is 1. The van der Waals surface area contributed by atoms with Crippen LogP contribution in [0, 0.1) is 6.92 Å². The number of nitrogens with zero attached hydrogens (tertiary/aromatic N) is 2. The number of carbonyl (C=O) groups is 2. The zero-order chi connectivity index (χ0) is 31.7. The van der Waals surface area contributed by atoms with Crippen LogP contribution in [0.25, 0.3) is 0 Å². The summed E-state index contributed by atoms with van der Waals surface area (Å²) in [4.78, 5) is 28.5. The van der Waals surface area contributed by atoms with Crippen molar-refractivity contribution in [2.24, 2.45) is 0 Å². The van der Waals surface area contributed by atoms with E-state index in [2.05, 4.69) is 5.32 Å². The molecule has 0 heterocycles. The molecule has 10 heteroatoms. The van der Waals surface area contributed by atoms with Gasteiger partial charge in [0.05, 0.1) is 10.6 Å². The third-order valence-electron chi connectivity index (χ3n) is 7.01. The van der Waals surface area contributed by atoms with E-state index < -0.39 is 28.5 Å². The van der Waals surface area contributed by atoms with Crippen molar-refractivity contribution in [2.75, 3.05) is 17.4 Å². The maximum absolute atomic E-state index is 14.1. The molecule has 0 aromatic heterocycles. The first-order valence-electron chi connectivity index (χ1n) is 14.3. The molecule has 1 atom stereocenters. The monoisotopic (exact) mass is 633 g/mol. The maximum Gasteiger partial charge on any atom is 0.264 e. The topological polar surface area (TPSA) is 96.0 Å². The molecule has 0 bridgehead atoms. The number of halogens is 1. The van der Waals surface area contributed by atoms with Crippen molar-refractivity contribution in [2.45, 2.75) is 44.7 Å². The summed E-state index contributed by atoms with van der Waals surface area (Å²) >= 11 is 6.42. The Morgan fingerprint density at radius 2 is 1.48 bits per heavy atom. The lowest BCUT2D eigenvalue weighted by Gasteiger charge is -2.32. The van der Waals surface area contributed by atoms with Gasteiger partial charge in [0.15, 0.2) is 0 Å². The van der Waals surface area contributed by atoms with Gasteiger partial charge in [0.25, 0.3) is 10.0 Å². The van der Waals surface area contributed by atoms with Crippen molar-refractivity contribution in [1.29, 1.82) is 0 Å². The van der Waals surface area contributed by atoms with Crippen molar-refractivity contribution >= 4 is 39.1 Å². The third kappa shape index (κ3) is 8.18. The van der Waals surface area contributed by atoms with Crippen molar-refractivity contribution in [3.8, 4) is 11.5 Å². The number of nitrogens with one attached hydrogen (secondary N) is 1. The van der Waals surface area contributed by atoms with Gasteiger partial charge in [0.2, 0.25) is 11.8 Å². The molecule has 0 aliphatic rings. The molecule has 0 spiro atoms. The molecule has 44 heavy (non-hydrogen) atoms. The Kier molecular flexibility index (Phi) is 11.0. The van der Waals surface area contributed by atoms with E-state index in [1.165, 1.54) is 17.0 Å². The van der Waals surface area contributed by atoms with Gasteiger partial charge in [0, 0.05) is 18.1 Å². The van der Waals surface area contributed by atoms with Gasteiger partial charge in [-0.2, -0.15) is 0 Å². The van der Waals surface area contributed by atoms with Crippen LogP contribution >= 0.6 is 11.6 Å². The summed E-state index contributed by atoms with van der Waals surface area (Å²) in [6.07, 6.45) is 0.726. The van der Waals surface area contributed by atoms with E-state index in [9.17, 15) is 18.0 Å². The number of hydrogen-bond acceptors (Lipinski definition) is 5. The predicted molar refractivity (Wildman–Crippen MR) is 173 cm³/mol. The molecule has 1 N–H and O–H groups in total. The Labute approximate surface area is 264 Å². The molecule has 230 valence electrons. The number of benzene rings is 4. The molecule has 0 saturated carbocycles. The average Bonchev–Trinajstić information content (AvgIpc) is 3.02. The van der Waals surface area contributed by atoms with E-state index >= 15 is 0 Å². The Hall–Kier alpha value is -4.34. The van der Waals surface area contributed by atoms with E-state index in [0.29, 0.717) is 28.6 Å². The second-order valence-electron chi connectivity index (χ2n) is 10.3. The van der Waals surface area contributed by atoms with E-state index in [4.69, 9.17) is 16.3 Å². The number of hydrogen-bond donors (Lipinski definition) is 1. The van der Waals surface area contributed by atoms with Crippen LogP contribution in [-0.4, -0.2) is 44.3 Å². The molecular weight excluding hydrogens is 598 g/mol. The first-order valence-corrected chi connectivity index (χ1v) is 16.1. The lowest BCUT2D eigenvalue weighted by atomic mass is 10.1. The predicted octanol–water partition coefficient (Wildman–Crippen LogP) is 6.58. The Bertz CT molecular complexity index is 1660. The molecule has 0 aliphatic heterocycles. The van der Waals surface area contributed by atoms with Crippen molar-refractivity contribution in [3.63, 3.8) is 0 Å². The highest BCUT2D eigenvalue weighted by molar-refractivity contribution is 7.92. The maximum atomic E-state index is 14.1. The van der Waals surface area contributed by atoms with E-state index in [0.717, 1.165) is 16.3 Å². The summed E-state index contributed by atoms with van der Waals surface area (Å²) in [6, 6.07) is 28.2. The van der Waals surface area contributed by atoms with Gasteiger partial charge >= 0.3 is 0 Å². The Morgan fingerprint density at radius 3 is 2.11 bits per heavy atom. The second kappa shape index (κ2) is 14.9. The zero-order valence-corrected chi connectivity index (χ0v) is 26.5. The quantitative estimate of drug-likeness (QED) is 0.179. The van der Waals surface area contributed by atoms with Gasteiger partial charge < -0.3 is 15.0 Å². The number of sulfonamides is 1. The van der Waals surface area contributed by atoms with Crippen LogP contribution in [0.4, 0.5) is 5.69 Å². The highest BCUT2D eigenvalue weighted by Gasteiger charge is 2.32. The molecule has 4 aromatic carbocycles. The van der Waals surface area contributed by atoms with Gasteiger partial charge in [-0.05, 0) is 80.4 Å². The molecule has 4 aromatic rings. The normalized spacial score (nSPS) is 11.8. The van der Waals surface area contributed by atoms with Gasteiger partial charge in [-0.3, -0.25) is 13.9 Å². The van der Waals surface area contributed by atoms with Crippen LogP contribution < -0.4 is 14.4 Å². The van der Waals surface area contributed by atoms with Crippen molar-refractivity contribution < 1.29 is 22.7 Å². The zero-order valence-electron chi connectivity index (χ0n) is 24.9. The summed E-state index contributed by atoms with van der Waals surface area (Å²) in [5.74, 6) is 0.220. The van der Waals surface area contributed by atoms with E-state index in [-0.39, 0.29) is 23.0 Å².